The number of sulfone groups is 1. The number of hydrogen-bond donors (Lipinski definition) is 2. The maximum absolute atomic E-state index is 11.1. The minimum Gasteiger partial charge on any atom is -0.339 e. The van der Waals surface area contributed by atoms with Gasteiger partial charge in [0.1, 0.15) is 20.7 Å². The zero-order valence-corrected chi connectivity index (χ0v) is 11.5. The van der Waals surface area contributed by atoms with Crippen molar-refractivity contribution >= 4 is 21.2 Å². The van der Waals surface area contributed by atoms with Crippen LogP contribution in [0.15, 0.2) is 17.8 Å². The first kappa shape index (κ1) is 13.2. The molecule has 2 aromatic rings. The molecule has 0 aliphatic heterocycles. The van der Waals surface area contributed by atoms with Gasteiger partial charge in [-0.05, 0) is 6.42 Å². The van der Waals surface area contributed by atoms with Gasteiger partial charge in [0.15, 0.2) is 0 Å². The van der Waals surface area contributed by atoms with Gasteiger partial charge in [0.25, 0.3) is 0 Å². The SMILES string of the molecule is CS(=O)(=O)CCC(N)c1ncc(-c2nccs2)[nH]1. The van der Waals surface area contributed by atoms with Gasteiger partial charge in [-0.25, -0.2) is 18.4 Å². The number of aromatic nitrogens is 3. The predicted octanol–water partition coefficient (Wildman–Crippen LogP) is 0.968. The fourth-order valence-corrected chi connectivity index (χ4v) is 2.75. The van der Waals surface area contributed by atoms with Gasteiger partial charge in [0.05, 0.1) is 23.7 Å². The van der Waals surface area contributed by atoms with Crippen LogP contribution < -0.4 is 5.73 Å². The van der Waals surface area contributed by atoms with Crippen LogP contribution in [0.1, 0.15) is 18.3 Å². The van der Waals surface area contributed by atoms with Gasteiger partial charge in [-0.15, -0.1) is 11.3 Å². The van der Waals surface area contributed by atoms with Crippen molar-refractivity contribution in [2.75, 3.05) is 12.0 Å². The molecule has 18 heavy (non-hydrogen) atoms. The van der Waals surface area contributed by atoms with Crippen molar-refractivity contribution in [1.29, 1.82) is 0 Å². The van der Waals surface area contributed by atoms with Crippen LogP contribution in [-0.4, -0.2) is 35.4 Å². The molecule has 8 heteroatoms. The molecular weight excluding hydrogens is 272 g/mol. The summed E-state index contributed by atoms with van der Waals surface area (Å²) in [5.41, 5.74) is 6.69. The van der Waals surface area contributed by atoms with E-state index in [2.05, 4.69) is 15.0 Å². The molecule has 98 valence electrons. The second-order valence-electron chi connectivity index (χ2n) is 4.04. The van der Waals surface area contributed by atoms with Gasteiger partial charge in [0, 0.05) is 17.8 Å². The summed E-state index contributed by atoms with van der Waals surface area (Å²) in [5, 5.41) is 2.71. The number of imidazole rings is 1. The fourth-order valence-electron chi connectivity index (χ4n) is 1.47. The molecule has 0 aliphatic carbocycles. The van der Waals surface area contributed by atoms with Crippen LogP contribution in [0.2, 0.25) is 0 Å². The van der Waals surface area contributed by atoms with Crippen molar-refractivity contribution in [2.45, 2.75) is 12.5 Å². The Morgan fingerprint density at radius 3 is 2.89 bits per heavy atom. The normalized spacial score (nSPS) is 13.7. The lowest BCUT2D eigenvalue weighted by Crippen LogP contribution is -2.16. The summed E-state index contributed by atoms with van der Waals surface area (Å²) in [5.74, 6) is 0.644. The van der Waals surface area contributed by atoms with Crippen molar-refractivity contribution in [3.05, 3.63) is 23.6 Å². The van der Waals surface area contributed by atoms with E-state index < -0.39 is 15.9 Å². The molecule has 0 aromatic carbocycles. The lowest BCUT2D eigenvalue weighted by molar-refractivity contribution is 0.588. The Morgan fingerprint density at radius 2 is 2.28 bits per heavy atom. The molecule has 6 nitrogen and oxygen atoms in total. The van der Waals surface area contributed by atoms with Gasteiger partial charge in [-0.2, -0.15) is 0 Å². The number of H-pyrrole nitrogens is 1. The Balaban J connectivity index is 2.06. The first-order valence-electron chi connectivity index (χ1n) is 5.34. The quantitative estimate of drug-likeness (QED) is 0.852. The zero-order valence-electron chi connectivity index (χ0n) is 9.83. The van der Waals surface area contributed by atoms with Gasteiger partial charge in [0.2, 0.25) is 0 Å². The first-order valence-corrected chi connectivity index (χ1v) is 8.28. The molecule has 3 N–H and O–H groups in total. The smallest absolute Gasteiger partial charge is 0.147 e. The number of nitrogens with zero attached hydrogens (tertiary/aromatic N) is 2. The summed E-state index contributed by atoms with van der Waals surface area (Å²) in [6.45, 7) is 0. The van der Waals surface area contributed by atoms with Crippen molar-refractivity contribution in [3.63, 3.8) is 0 Å². The van der Waals surface area contributed by atoms with E-state index in [-0.39, 0.29) is 5.75 Å². The maximum atomic E-state index is 11.1. The van der Waals surface area contributed by atoms with Crippen LogP contribution in [-0.2, 0) is 9.84 Å². The predicted molar refractivity (Wildman–Crippen MR) is 71.0 cm³/mol. The van der Waals surface area contributed by atoms with Crippen molar-refractivity contribution in [3.8, 4) is 10.7 Å². The molecule has 2 rings (SSSR count). The standard InChI is InChI=1S/C10H14N4O2S2/c1-18(15,16)5-2-7(11)9-13-6-8(14-9)10-12-3-4-17-10/h3-4,6-7H,2,5,11H2,1H3,(H,13,14). The molecular formula is C10H14N4O2S2. The minimum atomic E-state index is -3.00. The minimum absolute atomic E-state index is 0.0570. The van der Waals surface area contributed by atoms with Crippen LogP contribution in [0.5, 0.6) is 0 Å². The van der Waals surface area contributed by atoms with Gasteiger partial charge < -0.3 is 10.7 Å². The molecule has 1 unspecified atom stereocenters. The first-order chi connectivity index (χ1) is 8.46. The third-order valence-electron chi connectivity index (χ3n) is 2.41. The van der Waals surface area contributed by atoms with Crippen LogP contribution in [0.4, 0.5) is 0 Å². The second kappa shape index (κ2) is 5.17. The van der Waals surface area contributed by atoms with Gasteiger partial charge in [-0.1, -0.05) is 0 Å². The molecule has 0 fully saturated rings. The van der Waals surface area contributed by atoms with Gasteiger partial charge in [-0.3, -0.25) is 0 Å². The summed E-state index contributed by atoms with van der Waals surface area (Å²) in [6, 6.07) is -0.409. The molecule has 1 atom stereocenters. The van der Waals surface area contributed by atoms with Crippen LogP contribution >= 0.6 is 11.3 Å². The molecule has 0 bridgehead atoms. The molecule has 0 radical (unpaired) electrons. The van der Waals surface area contributed by atoms with E-state index in [0.29, 0.717) is 12.2 Å². The third kappa shape index (κ3) is 3.37. The lowest BCUT2D eigenvalue weighted by atomic mass is 10.2. The van der Waals surface area contributed by atoms with Crippen LogP contribution in [0, 0.1) is 0 Å². The highest BCUT2D eigenvalue weighted by Crippen LogP contribution is 2.21. The highest BCUT2D eigenvalue weighted by molar-refractivity contribution is 7.90. The van der Waals surface area contributed by atoms with E-state index in [9.17, 15) is 8.42 Å². The Morgan fingerprint density at radius 1 is 1.50 bits per heavy atom. The van der Waals surface area contributed by atoms with Crippen LogP contribution in [0.25, 0.3) is 10.7 Å². The van der Waals surface area contributed by atoms with Crippen LogP contribution in [0.3, 0.4) is 0 Å². The van der Waals surface area contributed by atoms with E-state index in [1.54, 1.807) is 12.4 Å². The summed E-state index contributed by atoms with van der Waals surface area (Å²) in [7, 11) is -3.00. The molecule has 0 aliphatic rings. The van der Waals surface area contributed by atoms with Gasteiger partial charge >= 0.3 is 0 Å². The number of aromatic amines is 1. The molecule has 2 aromatic heterocycles. The summed E-state index contributed by atoms with van der Waals surface area (Å²) in [4.78, 5) is 11.4. The third-order valence-corrected chi connectivity index (χ3v) is 4.19. The van der Waals surface area contributed by atoms with Crippen molar-refractivity contribution in [1.82, 2.24) is 15.0 Å². The summed E-state index contributed by atoms with van der Waals surface area (Å²) in [6.07, 6.45) is 4.92. The van der Waals surface area contributed by atoms with E-state index in [0.717, 1.165) is 10.7 Å². The molecule has 0 spiro atoms. The summed E-state index contributed by atoms with van der Waals surface area (Å²) < 4.78 is 22.1. The molecule has 0 saturated heterocycles. The average Bonchev–Trinajstić information content (AvgIpc) is 2.94. The van der Waals surface area contributed by atoms with Crippen molar-refractivity contribution in [2.24, 2.45) is 5.73 Å². The monoisotopic (exact) mass is 286 g/mol. The van der Waals surface area contributed by atoms with E-state index in [1.807, 2.05) is 5.38 Å². The molecule has 0 amide bonds. The number of thiazole rings is 1. The lowest BCUT2D eigenvalue weighted by Gasteiger charge is -2.07. The maximum Gasteiger partial charge on any atom is 0.147 e. The molecule has 2 heterocycles. The number of nitrogens with two attached hydrogens (primary N) is 1. The van der Waals surface area contributed by atoms with Crippen molar-refractivity contribution < 1.29 is 8.42 Å². The molecule has 0 saturated carbocycles. The highest BCUT2D eigenvalue weighted by atomic mass is 32.2. The Hall–Kier alpha value is -1.25. The highest BCUT2D eigenvalue weighted by Gasteiger charge is 2.14. The summed E-state index contributed by atoms with van der Waals surface area (Å²) >= 11 is 1.50. The van der Waals surface area contributed by atoms with E-state index in [4.69, 9.17) is 5.73 Å². The number of nitrogens with one attached hydrogen (secondary N) is 1. The zero-order chi connectivity index (χ0) is 13.2. The topological polar surface area (TPSA) is 102 Å². The van der Waals surface area contributed by atoms with E-state index in [1.165, 1.54) is 17.6 Å². The fraction of sp³-hybridized carbons (Fsp3) is 0.400. The Kier molecular flexibility index (Phi) is 3.79. The number of hydrogen-bond acceptors (Lipinski definition) is 6. The largest absolute Gasteiger partial charge is 0.339 e. The Labute approximate surface area is 109 Å². The average molecular weight is 286 g/mol. The number of rotatable bonds is 5. The second-order valence-corrected chi connectivity index (χ2v) is 7.20. The Bertz CT molecular complexity index is 604. The van der Waals surface area contributed by atoms with E-state index >= 15 is 0 Å².